The first-order chi connectivity index (χ1) is 26.0. The number of nitrogens with zero attached hydrogens (tertiary/aromatic N) is 4. The summed E-state index contributed by atoms with van der Waals surface area (Å²) in [6, 6.07) is 29.3. The smallest absolute Gasteiger partial charge is 0.413 e. The Kier molecular flexibility index (Phi) is 10.7. The molecule has 2 heterocycles. The van der Waals surface area contributed by atoms with Crippen molar-refractivity contribution in [2.24, 2.45) is 14.1 Å². The number of carboxylic acid groups (broad SMARTS) is 1. The van der Waals surface area contributed by atoms with Crippen LogP contribution in [0.1, 0.15) is 42.7 Å². The van der Waals surface area contributed by atoms with Crippen molar-refractivity contribution in [1.82, 2.24) is 19.6 Å². The molecule has 2 atom stereocenters. The predicted octanol–water partition coefficient (Wildman–Crippen LogP) is 7.79. The van der Waals surface area contributed by atoms with Gasteiger partial charge in [-0.15, -0.1) is 0 Å². The number of nitrogen functional groups attached to an aromatic ring is 1. The van der Waals surface area contributed by atoms with Gasteiger partial charge in [0.25, 0.3) is 0 Å². The van der Waals surface area contributed by atoms with E-state index in [9.17, 15) is 19.5 Å². The number of anilines is 3. The third-order valence-corrected chi connectivity index (χ3v) is 8.69. The maximum atomic E-state index is 13.1. The minimum atomic E-state index is -1.25. The molecule has 0 fully saturated rings. The van der Waals surface area contributed by atoms with Gasteiger partial charge in [-0.1, -0.05) is 78.7 Å². The summed E-state index contributed by atoms with van der Waals surface area (Å²) in [4.78, 5) is 37.4. The molecule has 2 aromatic heterocycles. The van der Waals surface area contributed by atoms with Crippen LogP contribution in [0.5, 0.6) is 0 Å². The molecule has 0 spiro atoms. The van der Waals surface area contributed by atoms with Crippen molar-refractivity contribution >= 4 is 35.5 Å². The number of carbonyl (C=O) groups excluding carboxylic acids is 2. The number of amides is 2. The second-order valence-corrected chi connectivity index (χ2v) is 12.4. The Morgan fingerprint density at radius 1 is 0.685 bits per heavy atom. The lowest BCUT2D eigenvalue weighted by atomic mass is 9.93. The SMILES string of the molecule is C[C@@H](OC(=O)Nc1c(-c2ccc(N)cc2)cnn1C)c1ccc(-c2cc(C#CC(=O)O)ccc2-c2cnn(C)c2NC(=O)O[C@H](C)c2ccccc2)cc1. The molecule has 54 heavy (non-hydrogen) atoms. The standard InChI is InChI=1S/C41H37N7O6/c1-25(28-8-6-5-7-9-28)53-41(52)46-39-36(24-44-48(39)4)33-20-10-27(11-21-37(49)50)22-34(33)30-14-12-29(13-15-30)26(2)54-40(51)45-38-35(23-43-47(38)3)31-16-18-32(42)19-17-31/h5-10,12-20,22-26H,42H2,1-4H3,(H,45,51)(H,46,52)(H,49,50)/t25-,26-/m1/s1. The molecule has 4 aromatic carbocycles. The van der Waals surface area contributed by atoms with Gasteiger partial charge in [0.1, 0.15) is 23.8 Å². The quantitative estimate of drug-likeness (QED) is 0.0857. The molecule has 0 aliphatic carbocycles. The largest absolute Gasteiger partial charge is 0.472 e. The minimum absolute atomic E-state index is 0.392. The van der Waals surface area contributed by atoms with E-state index < -0.39 is 30.4 Å². The average Bonchev–Trinajstić information content (AvgIpc) is 3.71. The molecule has 0 unspecified atom stereocenters. The molecule has 0 radical (unpaired) electrons. The summed E-state index contributed by atoms with van der Waals surface area (Å²) < 4.78 is 14.5. The predicted molar refractivity (Wildman–Crippen MR) is 205 cm³/mol. The van der Waals surface area contributed by atoms with Crippen LogP contribution in [0.2, 0.25) is 0 Å². The number of ether oxygens (including phenoxy) is 2. The van der Waals surface area contributed by atoms with Crippen LogP contribution in [-0.4, -0.2) is 42.8 Å². The van der Waals surface area contributed by atoms with Gasteiger partial charge in [0.15, 0.2) is 0 Å². The summed E-state index contributed by atoms with van der Waals surface area (Å²) in [6.07, 6.45) is 0.840. The fourth-order valence-electron chi connectivity index (χ4n) is 5.83. The van der Waals surface area contributed by atoms with Gasteiger partial charge in [-0.2, -0.15) is 10.2 Å². The van der Waals surface area contributed by atoms with Crippen LogP contribution in [0.15, 0.2) is 109 Å². The number of aliphatic carboxylic acids is 1. The lowest BCUT2D eigenvalue weighted by Crippen LogP contribution is -2.18. The van der Waals surface area contributed by atoms with Gasteiger partial charge in [0.2, 0.25) is 0 Å². The van der Waals surface area contributed by atoms with E-state index in [4.69, 9.17) is 15.2 Å². The maximum Gasteiger partial charge on any atom is 0.413 e. The molecular formula is C41H37N7O6. The average molecular weight is 724 g/mol. The van der Waals surface area contributed by atoms with Crippen LogP contribution in [0.3, 0.4) is 0 Å². The van der Waals surface area contributed by atoms with Gasteiger partial charge in [0, 0.05) is 42.4 Å². The van der Waals surface area contributed by atoms with Crippen molar-refractivity contribution < 1.29 is 29.0 Å². The van der Waals surface area contributed by atoms with Crippen LogP contribution >= 0.6 is 0 Å². The summed E-state index contributed by atoms with van der Waals surface area (Å²) in [5.74, 6) is 4.44. The highest BCUT2D eigenvalue weighted by molar-refractivity contribution is 5.95. The Bertz CT molecular complexity index is 2370. The lowest BCUT2D eigenvalue weighted by Gasteiger charge is -2.17. The molecule has 2 amide bonds. The summed E-state index contributed by atoms with van der Waals surface area (Å²) in [5, 5.41) is 23.5. The van der Waals surface area contributed by atoms with E-state index in [0.29, 0.717) is 45.1 Å². The van der Waals surface area contributed by atoms with E-state index in [1.165, 1.54) is 4.68 Å². The number of nitrogens with one attached hydrogen (secondary N) is 2. The van der Waals surface area contributed by atoms with Gasteiger partial charge in [-0.05, 0) is 71.5 Å². The minimum Gasteiger partial charge on any atom is -0.472 e. The molecule has 6 aromatic rings. The second-order valence-electron chi connectivity index (χ2n) is 12.4. The number of carboxylic acids is 1. The normalized spacial score (nSPS) is 11.8. The lowest BCUT2D eigenvalue weighted by molar-refractivity contribution is -0.130. The van der Waals surface area contributed by atoms with E-state index in [2.05, 4.69) is 32.7 Å². The van der Waals surface area contributed by atoms with Crippen LogP contribution in [0.4, 0.5) is 26.9 Å². The molecule has 0 saturated carbocycles. The third-order valence-electron chi connectivity index (χ3n) is 8.69. The summed E-state index contributed by atoms with van der Waals surface area (Å²) in [5.41, 5.74) is 12.8. The fraction of sp³-hybridized carbons (Fsp3) is 0.146. The number of benzene rings is 4. The van der Waals surface area contributed by atoms with Gasteiger partial charge in [0.05, 0.1) is 12.4 Å². The highest BCUT2D eigenvalue weighted by Crippen LogP contribution is 2.38. The molecule has 5 N–H and O–H groups in total. The third kappa shape index (κ3) is 8.41. The Morgan fingerprint density at radius 2 is 1.20 bits per heavy atom. The molecule has 0 aliphatic heterocycles. The number of rotatable bonds is 9. The van der Waals surface area contributed by atoms with E-state index in [-0.39, 0.29) is 0 Å². The van der Waals surface area contributed by atoms with E-state index in [0.717, 1.165) is 22.3 Å². The Morgan fingerprint density at radius 3 is 1.80 bits per heavy atom. The first-order valence-corrected chi connectivity index (χ1v) is 16.9. The summed E-state index contributed by atoms with van der Waals surface area (Å²) in [6.45, 7) is 3.55. The monoisotopic (exact) mass is 723 g/mol. The maximum absolute atomic E-state index is 13.1. The van der Waals surface area contributed by atoms with E-state index in [1.54, 1.807) is 75.4 Å². The highest BCUT2D eigenvalue weighted by Gasteiger charge is 2.21. The molecular weight excluding hydrogens is 686 g/mol. The molecule has 0 aliphatic rings. The summed E-state index contributed by atoms with van der Waals surface area (Å²) in [7, 11) is 3.42. The van der Waals surface area contributed by atoms with Crippen molar-refractivity contribution in [3.63, 3.8) is 0 Å². The molecule has 0 bridgehead atoms. The fourth-order valence-corrected chi connectivity index (χ4v) is 5.83. The molecule has 272 valence electrons. The number of carbonyl (C=O) groups is 3. The van der Waals surface area contributed by atoms with Crippen molar-refractivity contribution in [3.05, 3.63) is 126 Å². The Hall–Kier alpha value is -7.33. The number of aryl methyl sites for hydroxylation is 2. The van der Waals surface area contributed by atoms with Crippen LogP contribution < -0.4 is 16.4 Å². The number of nitrogens with two attached hydrogens (primary N) is 1. The Labute approximate surface area is 311 Å². The second kappa shape index (κ2) is 15.9. The van der Waals surface area contributed by atoms with Crippen LogP contribution in [-0.2, 0) is 28.4 Å². The van der Waals surface area contributed by atoms with Crippen molar-refractivity contribution in [1.29, 1.82) is 0 Å². The molecule has 0 saturated heterocycles. The van der Waals surface area contributed by atoms with Crippen molar-refractivity contribution in [2.45, 2.75) is 26.1 Å². The topological polar surface area (TPSA) is 176 Å². The number of hydrogen-bond donors (Lipinski definition) is 4. The van der Waals surface area contributed by atoms with Gasteiger partial charge in [-0.25, -0.2) is 14.4 Å². The highest BCUT2D eigenvalue weighted by atomic mass is 16.6. The van der Waals surface area contributed by atoms with Gasteiger partial charge < -0.3 is 20.3 Å². The zero-order chi connectivity index (χ0) is 38.4. The van der Waals surface area contributed by atoms with Crippen molar-refractivity contribution in [3.8, 4) is 45.2 Å². The zero-order valence-corrected chi connectivity index (χ0v) is 29.9. The first kappa shape index (κ1) is 36.5. The zero-order valence-electron chi connectivity index (χ0n) is 29.9. The van der Waals surface area contributed by atoms with Gasteiger partial charge in [-0.3, -0.25) is 20.0 Å². The van der Waals surface area contributed by atoms with E-state index in [1.807, 2.05) is 66.7 Å². The van der Waals surface area contributed by atoms with E-state index >= 15 is 0 Å². The molecule has 13 heteroatoms. The van der Waals surface area contributed by atoms with Gasteiger partial charge >= 0.3 is 18.2 Å². The number of hydrogen-bond acceptors (Lipinski definition) is 8. The van der Waals surface area contributed by atoms with Crippen LogP contribution in [0.25, 0.3) is 33.4 Å². The first-order valence-electron chi connectivity index (χ1n) is 16.9. The molecule has 13 nitrogen and oxygen atoms in total. The van der Waals surface area contributed by atoms with Crippen molar-refractivity contribution in [2.75, 3.05) is 16.4 Å². The number of aromatic nitrogens is 4. The van der Waals surface area contributed by atoms with Crippen LogP contribution in [0, 0.1) is 11.8 Å². The summed E-state index contributed by atoms with van der Waals surface area (Å²) >= 11 is 0. The Balaban J connectivity index is 1.23. The molecule has 6 rings (SSSR count).